The predicted octanol–water partition coefficient (Wildman–Crippen LogP) is 1.63. The minimum Gasteiger partial charge on any atom is -0.375 e. The summed E-state index contributed by atoms with van der Waals surface area (Å²) in [5.74, 6) is 6.31. The number of hydrogen-bond acceptors (Lipinski definition) is 3. The van der Waals surface area contributed by atoms with Crippen molar-refractivity contribution in [1.29, 1.82) is 0 Å². The zero-order valence-electron chi connectivity index (χ0n) is 10.0. The summed E-state index contributed by atoms with van der Waals surface area (Å²) in [5.41, 5.74) is 4.34. The van der Waals surface area contributed by atoms with Crippen molar-refractivity contribution < 1.29 is 4.74 Å². The number of hydrazine groups is 1. The predicted molar refractivity (Wildman–Crippen MR) is 67.3 cm³/mol. The molecule has 1 aromatic carbocycles. The first kappa shape index (κ1) is 11.2. The van der Waals surface area contributed by atoms with E-state index in [1.54, 1.807) is 0 Å². The lowest BCUT2D eigenvalue weighted by atomic mass is 9.82. The fraction of sp³-hybridized carbons (Fsp3) is 0.571. The Labute approximate surface area is 102 Å². The second-order valence-electron chi connectivity index (χ2n) is 5.24. The van der Waals surface area contributed by atoms with Crippen LogP contribution in [0.15, 0.2) is 30.3 Å². The summed E-state index contributed by atoms with van der Waals surface area (Å²) in [4.78, 5) is 0. The van der Waals surface area contributed by atoms with Gasteiger partial charge in [-0.15, -0.1) is 0 Å². The zero-order valence-corrected chi connectivity index (χ0v) is 10.0. The van der Waals surface area contributed by atoms with E-state index in [0.717, 1.165) is 6.42 Å². The van der Waals surface area contributed by atoms with Crippen LogP contribution in [0.3, 0.4) is 0 Å². The summed E-state index contributed by atoms with van der Waals surface area (Å²) >= 11 is 0. The van der Waals surface area contributed by atoms with Crippen LogP contribution in [-0.2, 0) is 11.2 Å². The summed E-state index contributed by atoms with van der Waals surface area (Å²) in [6.45, 7) is 0. The van der Waals surface area contributed by atoms with E-state index in [-0.39, 0.29) is 0 Å². The summed E-state index contributed by atoms with van der Waals surface area (Å²) in [5, 5.41) is 0. The second-order valence-corrected chi connectivity index (χ2v) is 5.24. The number of rotatable bonds is 4. The van der Waals surface area contributed by atoms with Gasteiger partial charge >= 0.3 is 0 Å². The Morgan fingerprint density at radius 3 is 2.71 bits per heavy atom. The van der Waals surface area contributed by atoms with Gasteiger partial charge in [0.05, 0.1) is 12.2 Å². The molecule has 0 aliphatic carbocycles. The molecule has 2 saturated heterocycles. The first-order valence-electron chi connectivity index (χ1n) is 6.52. The van der Waals surface area contributed by atoms with Gasteiger partial charge in [0.2, 0.25) is 0 Å². The normalized spacial score (nSPS) is 32.9. The van der Waals surface area contributed by atoms with E-state index in [9.17, 15) is 0 Å². The quantitative estimate of drug-likeness (QED) is 0.612. The number of hydrogen-bond donors (Lipinski definition) is 2. The van der Waals surface area contributed by atoms with E-state index in [4.69, 9.17) is 10.6 Å². The first-order valence-corrected chi connectivity index (χ1v) is 6.52. The van der Waals surface area contributed by atoms with Crippen molar-refractivity contribution in [2.75, 3.05) is 0 Å². The Kier molecular flexibility index (Phi) is 3.14. The number of nitrogens with two attached hydrogens (primary N) is 1. The molecule has 0 aromatic heterocycles. The van der Waals surface area contributed by atoms with Gasteiger partial charge in [-0.3, -0.25) is 11.3 Å². The molecule has 4 atom stereocenters. The third-order valence-corrected chi connectivity index (χ3v) is 4.18. The third kappa shape index (κ3) is 2.23. The van der Waals surface area contributed by atoms with E-state index in [0.29, 0.717) is 24.2 Å². The van der Waals surface area contributed by atoms with Crippen molar-refractivity contribution in [2.24, 2.45) is 11.8 Å². The van der Waals surface area contributed by atoms with Gasteiger partial charge in [0.1, 0.15) is 0 Å². The smallest absolute Gasteiger partial charge is 0.0624 e. The second kappa shape index (κ2) is 4.77. The van der Waals surface area contributed by atoms with Crippen molar-refractivity contribution in [1.82, 2.24) is 5.43 Å². The molecule has 92 valence electrons. The minimum absolute atomic E-state index is 0.340. The van der Waals surface area contributed by atoms with Crippen LogP contribution < -0.4 is 11.3 Å². The van der Waals surface area contributed by atoms with Crippen molar-refractivity contribution in [2.45, 2.75) is 43.9 Å². The molecule has 0 radical (unpaired) electrons. The molecular weight excluding hydrogens is 212 g/mol. The van der Waals surface area contributed by atoms with Gasteiger partial charge < -0.3 is 4.74 Å². The number of nitrogens with one attached hydrogen (secondary N) is 1. The lowest BCUT2D eigenvalue weighted by molar-refractivity contribution is 0.0857. The van der Waals surface area contributed by atoms with Gasteiger partial charge in [-0.2, -0.15) is 0 Å². The topological polar surface area (TPSA) is 47.3 Å². The van der Waals surface area contributed by atoms with Crippen molar-refractivity contribution in [3.8, 4) is 0 Å². The standard InChI is InChI=1S/C14H20N2O/c15-16-13(8-10-4-2-1-3-5-10)12-9-11-6-7-14(12)17-11/h1-5,11-14,16H,6-9,15H2. The van der Waals surface area contributed by atoms with Gasteiger partial charge in [0.25, 0.3) is 0 Å². The molecule has 17 heavy (non-hydrogen) atoms. The maximum Gasteiger partial charge on any atom is 0.0624 e. The van der Waals surface area contributed by atoms with Gasteiger partial charge in [-0.05, 0) is 31.2 Å². The number of fused-ring (bicyclic) bond motifs is 2. The molecule has 2 aliphatic heterocycles. The Morgan fingerprint density at radius 2 is 2.12 bits per heavy atom. The van der Waals surface area contributed by atoms with Gasteiger partial charge in [0.15, 0.2) is 0 Å². The molecule has 0 saturated carbocycles. The van der Waals surface area contributed by atoms with Gasteiger partial charge in [-0.1, -0.05) is 30.3 Å². The largest absolute Gasteiger partial charge is 0.375 e. The maximum absolute atomic E-state index is 5.91. The Bertz CT molecular complexity index is 368. The van der Waals surface area contributed by atoms with Crippen LogP contribution in [0.2, 0.25) is 0 Å². The highest BCUT2D eigenvalue weighted by Crippen LogP contribution is 2.40. The Hall–Kier alpha value is -0.900. The maximum atomic E-state index is 5.91. The van der Waals surface area contributed by atoms with Crippen LogP contribution in [0.5, 0.6) is 0 Å². The summed E-state index contributed by atoms with van der Waals surface area (Å²) in [6, 6.07) is 10.9. The van der Waals surface area contributed by atoms with Crippen LogP contribution in [-0.4, -0.2) is 18.2 Å². The summed E-state index contributed by atoms with van der Waals surface area (Å²) in [7, 11) is 0. The Balaban J connectivity index is 1.68. The fourth-order valence-electron chi connectivity index (χ4n) is 3.30. The molecule has 2 heterocycles. The lowest BCUT2D eigenvalue weighted by Crippen LogP contribution is -2.45. The fourth-order valence-corrected chi connectivity index (χ4v) is 3.30. The Morgan fingerprint density at radius 1 is 1.29 bits per heavy atom. The van der Waals surface area contributed by atoms with Crippen molar-refractivity contribution in [3.63, 3.8) is 0 Å². The highest BCUT2D eigenvalue weighted by atomic mass is 16.5. The molecule has 3 rings (SSSR count). The molecule has 0 spiro atoms. The molecule has 1 aromatic rings. The van der Waals surface area contributed by atoms with Gasteiger partial charge in [-0.25, -0.2) is 0 Å². The van der Waals surface area contributed by atoms with Crippen LogP contribution in [0.4, 0.5) is 0 Å². The van der Waals surface area contributed by atoms with E-state index in [1.807, 2.05) is 0 Å². The van der Waals surface area contributed by atoms with Crippen LogP contribution in [0.1, 0.15) is 24.8 Å². The monoisotopic (exact) mass is 232 g/mol. The van der Waals surface area contributed by atoms with Crippen molar-refractivity contribution in [3.05, 3.63) is 35.9 Å². The van der Waals surface area contributed by atoms with Crippen LogP contribution in [0, 0.1) is 5.92 Å². The number of ether oxygens (including phenoxy) is 1. The van der Waals surface area contributed by atoms with Crippen LogP contribution >= 0.6 is 0 Å². The van der Waals surface area contributed by atoms with E-state index in [1.165, 1.54) is 24.8 Å². The lowest BCUT2D eigenvalue weighted by Gasteiger charge is -2.27. The molecule has 2 aliphatic rings. The van der Waals surface area contributed by atoms with Gasteiger partial charge in [0, 0.05) is 12.0 Å². The molecule has 2 bridgehead atoms. The first-order chi connectivity index (χ1) is 8.36. The highest BCUT2D eigenvalue weighted by molar-refractivity contribution is 5.16. The van der Waals surface area contributed by atoms with E-state index < -0.39 is 0 Å². The highest BCUT2D eigenvalue weighted by Gasteiger charge is 2.43. The average molecular weight is 232 g/mol. The van der Waals surface area contributed by atoms with Crippen LogP contribution in [0.25, 0.3) is 0 Å². The summed E-state index contributed by atoms with van der Waals surface area (Å²) < 4.78 is 5.91. The van der Waals surface area contributed by atoms with E-state index in [2.05, 4.69) is 35.8 Å². The molecule has 0 amide bonds. The molecular formula is C14H20N2O. The average Bonchev–Trinajstić information content (AvgIpc) is 2.99. The molecule has 3 nitrogen and oxygen atoms in total. The summed E-state index contributed by atoms with van der Waals surface area (Å²) in [6.07, 6.45) is 5.55. The minimum atomic E-state index is 0.340. The molecule has 4 unspecified atom stereocenters. The number of benzene rings is 1. The van der Waals surface area contributed by atoms with Crippen molar-refractivity contribution >= 4 is 0 Å². The molecule has 3 heteroatoms. The SMILES string of the molecule is NNC(Cc1ccccc1)C1CC2CCC1O2. The zero-order chi connectivity index (χ0) is 11.7. The van der Waals surface area contributed by atoms with E-state index >= 15 is 0 Å². The molecule has 3 N–H and O–H groups in total. The third-order valence-electron chi connectivity index (χ3n) is 4.18. The molecule has 2 fully saturated rings.